The molecule has 16 heavy (non-hydrogen) atoms. The lowest BCUT2D eigenvalue weighted by molar-refractivity contribution is 0.0727. The van der Waals surface area contributed by atoms with Crippen molar-refractivity contribution >= 4 is 5.69 Å². The molecule has 1 unspecified atom stereocenters. The van der Waals surface area contributed by atoms with E-state index in [9.17, 15) is 9.50 Å². The summed E-state index contributed by atoms with van der Waals surface area (Å²) in [6.07, 6.45) is -0.611. The zero-order valence-electron chi connectivity index (χ0n) is 9.37. The fraction of sp³-hybridized carbons (Fsp3) is 0.455. The third-order valence-corrected chi connectivity index (χ3v) is 2.05. The molecule has 0 aliphatic carbocycles. The van der Waals surface area contributed by atoms with E-state index in [-0.39, 0.29) is 12.4 Å². The van der Waals surface area contributed by atoms with E-state index in [1.165, 1.54) is 26.4 Å². The SMILES string of the molecule is COCC(O)CNc1ccc(F)cc1OC. The lowest BCUT2D eigenvalue weighted by Crippen LogP contribution is -2.24. The second kappa shape index (κ2) is 6.30. The number of halogens is 1. The molecule has 2 N–H and O–H groups in total. The number of hydrogen-bond acceptors (Lipinski definition) is 4. The van der Waals surface area contributed by atoms with Crippen molar-refractivity contribution < 1.29 is 19.0 Å². The molecule has 0 bridgehead atoms. The van der Waals surface area contributed by atoms with Gasteiger partial charge in [-0.25, -0.2) is 4.39 Å². The number of aliphatic hydroxyl groups is 1. The first-order chi connectivity index (χ1) is 7.67. The molecule has 1 aromatic rings. The largest absolute Gasteiger partial charge is 0.494 e. The minimum Gasteiger partial charge on any atom is -0.494 e. The Kier molecular flexibility index (Phi) is 5.01. The highest BCUT2D eigenvalue weighted by Crippen LogP contribution is 2.24. The second-order valence-electron chi connectivity index (χ2n) is 3.33. The molecule has 0 aliphatic heterocycles. The molecule has 0 saturated carbocycles. The van der Waals surface area contributed by atoms with Crippen molar-refractivity contribution in [3.8, 4) is 5.75 Å². The fourth-order valence-corrected chi connectivity index (χ4v) is 1.29. The summed E-state index contributed by atoms with van der Waals surface area (Å²) >= 11 is 0. The number of hydrogen-bond donors (Lipinski definition) is 2. The summed E-state index contributed by atoms with van der Waals surface area (Å²) in [5, 5.41) is 12.4. The van der Waals surface area contributed by atoms with E-state index >= 15 is 0 Å². The first kappa shape index (κ1) is 12.7. The van der Waals surface area contributed by atoms with Gasteiger partial charge < -0.3 is 19.9 Å². The average molecular weight is 229 g/mol. The van der Waals surface area contributed by atoms with Crippen LogP contribution in [0, 0.1) is 5.82 Å². The Labute approximate surface area is 94.0 Å². The smallest absolute Gasteiger partial charge is 0.144 e. The molecular formula is C11H16FNO3. The molecule has 4 nitrogen and oxygen atoms in total. The monoisotopic (exact) mass is 229 g/mol. The zero-order chi connectivity index (χ0) is 12.0. The number of methoxy groups -OCH3 is 2. The number of benzene rings is 1. The van der Waals surface area contributed by atoms with E-state index in [2.05, 4.69) is 5.32 Å². The van der Waals surface area contributed by atoms with Crippen LogP contribution in [0.5, 0.6) is 5.75 Å². The van der Waals surface area contributed by atoms with E-state index in [4.69, 9.17) is 9.47 Å². The van der Waals surface area contributed by atoms with Crippen molar-refractivity contribution in [1.82, 2.24) is 0 Å². The van der Waals surface area contributed by atoms with Crippen LogP contribution in [0.1, 0.15) is 0 Å². The first-order valence-corrected chi connectivity index (χ1v) is 4.91. The molecule has 1 aromatic carbocycles. The maximum absolute atomic E-state index is 12.9. The van der Waals surface area contributed by atoms with E-state index in [1.807, 2.05) is 0 Å². The molecule has 5 heteroatoms. The maximum atomic E-state index is 12.9. The highest BCUT2D eigenvalue weighted by Gasteiger charge is 2.07. The zero-order valence-corrected chi connectivity index (χ0v) is 9.37. The summed E-state index contributed by atoms with van der Waals surface area (Å²) < 4.78 is 22.7. The van der Waals surface area contributed by atoms with Gasteiger partial charge in [0, 0.05) is 19.7 Å². The molecule has 0 fully saturated rings. The first-order valence-electron chi connectivity index (χ1n) is 4.91. The van der Waals surface area contributed by atoms with Gasteiger partial charge >= 0.3 is 0 Å². The summed E-state index contributed by atoms with van der Waals surface area (Å²) in [7, 11) is 2.98. The molecule has 1 rings (SSSR count). The minimum absolute atomic E-state index is 0.247. The Hall–Kier alpha value is -1.33. The van der Waals surface area contributed by atoms with Crippen LogP contribution in [0.3, 0.4) is 0 Å². The number of ether oxygens (including phenoxy) is 2. The second-order valence-corrected chi connectivity index (χ2v) is 3.33. The van der Waals surface area contributed by atoms with Gasteiger partial charge in [-0.3, -0.25) is 0 Å². The van der Waals surface area contributed by atoms with Gasteiger partial charge in [0.2, 0.25) is 0 Å². The number of aliphatic hydroxyl groups excluding tert-OH is 1. The molecule has 0 radical (unpaired) electrons. The van der Waals surface area contributed by atoms with Crippen molar-refractivity contribution in [2.75, 3.05) is 32.7 Å². The van der Waals surface area contributed by atoms with Gasteiger partial charge in [0.1, 0.15) is 11.6 Å². The van der Waals surface area contributed by atoms with Crippen molar-refractivity contribution in [1.29, 1.82) is 0 Å². The quantitative estimate of drug-likeness (QED) is 0.771. The van der Waals surface area contributed by atoms with Crippen molar-refractivity contribution in [3.63, 3.8) is 0 Å². The Morgan fingerprint density at radius 3 is 2.81 bits per heavy atom. The van der Waals surface area contributed by atoms with Gasteiger partial charge in [-0.15, -0.1) is 0 Å². The van der Waals surface area contributed by atoms with E-state index in [0.29, 0.717) is 18.0 Å². The molecule has 0 saturated heterocycles. The molecule has 0 spiro atoms. The maximum Gasteiger partial charge on any atom is 0.144 e. The number of anilines is 1. The van der Waals surface area contributed by atoms with E-state index in [0.717, 1.165) is 0 Å². The molecule has 90 valence electrons. The van der Waals surface area contributed by atoms with Crippen LogP contribution in [0.15, 0.2) is 18.2 Å². The fourth-order valence-electron chi connectivity index (χ4n) is 1.29. The summed E-state index contributed by atoms with van der Waals surface area (Å²) in [4.78, 5) is 0. The summed E-state index contributed by atoms with van der Waals surface area (Å²) in [6, 6.07) is 4.17. The highest BCUT2D eigenvalue weighted by molar-refractivity contribution is 5.56. The van der Waals surface area contributed by atoms with Crippen molar-refractivity contribution in [3.05, 3.63) is 24.0 Å². The average Bonchev–Trinajstić information content (AvgIpc) is 2.27. The molecular weight excluding hydrogens is 213 g/mol. The lowest BCUT2D eigenvalue weighted by Gasteiger charge is -2.14. The van der Waals surface area contributed by atoms with Crippen molar-refractivity contribution in [2.24, 2.45) is 0 Å². The van der Waals surface area contributed by atoms with Gasteiger partial charge in [-0.1, -0.05) is 0 Å². The third kappa shape index (κ3) is 3.67. The highest BCUT2D eigenvalue weighted by atomic mass is 19.1. The topological polar surface area (TPSA) is 50.7 Å². The molecule has 0 aromatic heterocycles. The van der Waals surface area contributed by atoms with Gasteiger partial charge in [0.05, 0.1) is 25.5 Å². The van der Waals surface area contributed by atoms with Gasteiger partial charge in [0.25, 0.3) is 0 Å². The van der Waals surface area contributed by atoms with Crippen LogP contribution in [-0.2, 0) is 4.74 Å². The predicted molar refractivity (Wildman–Crippen MR) is 59.3 cm³/mol. The van der Waals surface area contributed by atoms with Crippen LogP contribution >= 0.6 is 0 Å². The standard InChI is InChI=1S/C11H16FNO3/c1-15-7-9(14)6-13-10-4-3-8(12)5-11(10)16-2/h3-5,9,13-14H,6-7H2,1-2H3. The number of nitrogens with one attached hydrogen (secondary N) is 1. The predicted octanol–water partition coefficient (Wildman–Crippen LogP) is 1.25. The van der Waals surface area contributed by atoms with Crippen LogP contribution in [0.4, 0.5) is 10.1 Å². The van der Waals surface area contributed by atoms with Crippen LogP contribution in [0.2, 0.25) is 0 Å². The van der Waals surface area contributed by atoms with Crippen molar-refractivity contribution in [2.45, 2.75) is 6.10 Å². The Balaban J connectivity index is 2.59. The normalized spacial score (nSPS) is 12.2. The van der Waals surface area contributed by atoms with Gasteiger partial charge in [0.15, 0.2) is 0 Å². The van der Waals surface area contributed by atoms with Gasteiger partial charge in [-0.05, 0) is 12.1 Å². The minimum atomic E-state index is -0.611. The van der Waals surface area contributed by atoms with Crippen LogP contribution < -0.4 is 10.1 Å². The molecule has 1 atom stereocenters. The summed E-state index contributed by atoms with van der Waals surface area (Å²) in [5.41, 5.74) is 0.638. The Bertz CT molecular complexity index is 333. The summed E-state index contributed by atoms with van der Waals surface area (Å²) in [6.45, 7) is 0.562. The molecule has 0 aliphatic rings. The van der Waals surface area contributed by atoms with Crippen LogP contribution in [-0.4, -0.2) is 38.6 Å². The lowest BCUT2D eigenvalue weighted by atomic mass is 10.2. The van der Waals surface area contributed by atoms with Gasteiger partial charge in [-0.2, -0.15) is 0 Å². The van der Waals surface area contributed by atoms with Crippen LogP contribution in [0.25, 0.3) is 0 Å². The number of rotatable bonds is 6. The molecule has 0 amide bonds. The Morgan fingerprint density at radius 1 is 1.44 bits per heavy atom. The van der Waals surface area contributed by atoms with E-state index in [1.54, 1.807) is 6.07 Å². The summed E-state index contributed by atoms with van der Waals surface area (Å²) in [5.74, 6) is 0.0458. The Morgan fingerprint density at radius 2 is 2.19 bits per heavy atom. The third-order valence-electron chi connectivity index (χ3n) is 2.05. The molecule has 0 heterocycles. The van der Waals surface area contributed by atoms with E-state index < -0.39 is 6.10 Å².